The molecule has 0 spiro atoms. The Morgan fingerprint density at radius 3 is 2.62 bits per heavy atom. The summed E-state index contributed by atoms with van der Waals surface area (Å²) in [6.07, 6.45) is 0. The normalized spacial score (nSPS) is 10.1. The Hall–Kier alpha value is -0.710. The number of methoxy groups -OCH3 is 1. The largest absolute Gasteiger partial charge is 0.497 e. The first kappa shape index (κ1) is 10.4. The van der Waals surface area contributed by atoms with Gasteiger partial charge >= 0.3 is 0 Å². The fraction of sp³-hybridized carbons (Fsp3) is 0.333. The summed E-state index contributed by atoms with van der Waals surface area (Å²) in [7, 11) is 3.11. The molecule has 0 fully saturated rings. The fourth-order valence-electron chi connectivity index (χ4n) is 0.868. The van der Waals surface area contributed by atoms with E-state index in [1.807, 2.05) is 25.1 Å². The van der Waals surface area contributed by atoms with Crippen LogP contribution in [-0.2, 0) is 9.22 Å². The van der Waals surface area contributed by atoms with Crippen molar-refractivity contribution in [3.8, 4) is 5.75 Å². The summed E-state index contributed by atoms with van der Waals surface area (Å²) in [5.74, 6) is 0.813. The highest BCUT2D eigenvalue weighted by Crippen LogP contribution is 2.27. The third kappa shape index (κ3) is 2.91. The van der Waals surface area contributed by atoms with E-state index < -0.39 is 0 Å². The molecule has 0 bridgehead atoms. The van der Waals surface area contributed by atoms with Gasteiger partial charge in [-0.3, -0.25) is 0 Å². The van der Waals surface area contributed by atoms with E-state index in [2.05, 4.69) is 4.89 Å². The van der Waals surface area contributed by atoms with E-state index in [9.17, 15) is 0 Å². The summed E-state index contributed by atoms with van der Waals surface area (Å²) in [4.78, 5) is 5.48. The minimum Gasteiger partial charge on any atom is -0.497 e. The van der Waals surface area contributed by atoms with Crippen LogP contribution < -0.4 is 4.74 Å². The van der Waals surface area contributed by atoms with Gasteiger partial charge in [-0.1, -0.05) is 6.07 Å². The molecule has 0 atom stereocenters. The third-order valence-corrected chi connectivity index (χ3v) is 2.41. The molecule has 3 nitrogen and oxygen atoms in total. The molecule has 0 aromatic heterocycles. The van der Waals surface area contributed by atoms with Crippen molar-refractivity contribution in [2.45, 2.75) is 11.8 Å². The van der Waals surface area contributed by atoms with Crippen LogP contribution in [0.5, 0.6) is 5.75 Å². The molecule has 0 aliphatic rings. The van der Waals surface area contributed by atoms with Gasteiger partial charge in [0.05, 0.1) is 26.3 Å². The molecule has 1 rings (SSSR count). The molecule has 13 heavy (non-hydrogen) atoms. The number of ether oxygens (including phenoxy) is 1. The van der Waals surface area contributed by atoms with Crippen molar-refractivity contribution in [2.75, 3.05) is 14.2 Å². The summed E-state index contributed by atoms with van der Waals surface area (Å²) in [6.45, 7) is 2.00. The topological polar surface area (TPSA) is 27.7 Å². The van der Waals surface area contributed by atoms with Crippen molar-refractivity contribution in [3.05, 3.63) is 23.8 Å². The predicted octanol–water partition coefficient (Wildman–Crippen LogP) is 2.59. The van der Waals surface area contributed by atoms with Gasteiger partial charge in [-0.25, -0.2) is 4.89 Å². The average molecular weight is 200 g/mol. The maximum absolute atomic E-state index is 5.08. The van der Waals surface area contributed by atoms with E-state index in [0.29, 0.717) is 0 Å². The molecule has 4 heteroatoms. The molecule has 72 valence electrons. The van der Waals surface area contributed by atoms with Gasteiger partial charge in [0.1, 0.15) is 5.75 Å². The van der Waals surface area contributed by atoms with Gasteiger partial charge in [0.2, 0.25) is 0 Å². The van der Waals surface area contributed by atoms with Crippen molar-refractivity contribution in [1.29, 1.82) is 0 Å². The SMILES string of the molecule is COOSc1cc(OC)ccc1C. The Kier molecular flexibility index (Phi) is 4.08. The third-order valence-electron chi connectivity index (χ3n) is 1.59. The monoisotopic (exact) mass is 200 g/mol. The van der Waals surface area contributed by atoms with Gasteiger partial charge in [0.25, 0.3) is 0 Å². The second-order valence-electron chi connectivity index (χ2n) is 2.45. The Bertz CT molecular complexity index is 276. The van der Waals surface area contributed by atoms with E-state index in [0.717, 1.165) is 16.2 Å². The molecular formula is C9H12O3S. The molecule has 0 heterocycles. The molecular weight excluding hydrogens is 188 g/mol. The lowest BCUT2D eigenvalue weighted by Gasteiger charge is -2.05. The number of hydrogen-bond donors (Lipinski definition) is 0. The van der Waals surface area contributed by atoms with Crippen LogP contribution in [0.25, 0.3) is 0 Å². The van der Waals surface area contributed by atoms with Crippen molar-refractivity contribution < 1.29 is 14.0 Å². The van der Waals surface area contributed by atoms with Gasteiger partial charge in [0, 0.05) is 4.90 Å². The highest BCUT2D eigenvalue weighted by molar-refractivity contribution is 7.94. The number of benzene rings is 1. The van der Waals surface area contributed by atoms with Crippen LogP contribution in [0, 0.1) is 6.92 Å². The molecule has 0 aliphatic heterocycles. The van der Waals surface area contributed by atoms with Crippen LogP contribution in [0.4, 0.5) is 0 Å². The van der Waals surface area contributed by atoms with Crippen LogP contribution in [0.15, 0.2) is 23.1 Å². The van der Waals surface area contributed by atoms with Gasteiger partial charge in [-0.2, -0.15) is 4.33 Å². The zero-order chi connectivity index (χ0) is 9.68. The first-order chi connectivity index (χ1) is 6.27. The fourth-order valence-corrected chi connectivity index (χ4v) is 1.37. The van der Waals surface area contributed by atoms with Crippen LogP contribution in [0.2, 0.25) is 0 Å². The Labute approximate surface area is 82.1 Å². The molecule has 0 saturated carbocycles. The first-order valence-electron chi connectivity index (χ1n) is 3.80. The van der Waals surface area contributed by atoms with Crippen LogP contribution in [0.1, 0.15) is 5.56 Å². The summed E-state index contributed by atoms with van der Waals surface area (Å²) >= 11 is 1.17. The number of rotatable bonds is 4. The van der Waals surface area contributed by atoms with Crippen LogP contribution >= 0.6 is 12.0 Å². The maximum Gasteiger partial charge on any atom is 0.120 e. The lowest BCUT2D eigenvalue weighted by atomic mass is 10.2. The molecule has 1 aromatic rings. The summed E-state index contributed by atoms with van der Waals surface area (Å²) < 4.78 is 9.84. The summed E-state index contributed by atoms with van der Waals surface area (Å²) in [5, 5.41) is 0. The second kappa shape index (κ2) is 5.11. The molecule has 0 unspecified atom stereocenters. The Morgan fingerprint density at radius 1 is 1.23 bits per heavy atom. The molecule has 1 aromatic carbocycles. The molecule has 0 N–H and O–H groups in total. The first-order valence-corrected chi connectivity index (χ1v) is 4.54. The minimum atomic E-state index is 0.813. The predicted molar refractivity (Wildman–Crippen MR) is 51.7 cm³/mol. The van der Waals surface area contributed by atoms with E-state index in [4.69, 9.17) is 9.07 Å². The zero-order valence-corrected chi connectivity index (χ0v) is 8.68. The molecule has 0 radical (unpaired) electrons. The van der Waals surface area contributed by atoms with Crippen LogP contribution in [0.3, 0.4) is 0 Å². The van der Waals surface area contributed by atoms with Gasteiger partial charge in [0.15, 0.2) is 0 Å². The van der Waals surface area contributed by atoms with Crippen molar-refractivity contribution in [3.63, 3.8) is 0 Å². The maximum atomic E-state index is 5.08. The van der Waals surface area contributed by atoms with Crippen LogP contribution in [-0.4, -0.2) is 14.2 Å². The standard InChI is InChI=1S/C9H12O3S/c1-7-4-5-8(10-2)6-9(7)13-12-11-3/h4-6H,1-3H3. The van der Waals surface area contributed by atoms with Crippen molar-refractivity contribution in [2.24, 2.45) is 0 Å². The van der Waals surface area contributed by atoms with Crippen molar-refractivity contribution in [1.82, 2.24) is 0 Å². The average Bonchev–Trinajstić information content (AvgIpc) is 2.17. The molecule has 0 saturated heterocycles. The summed E-state index contributed by atoms with van der Waals surface area (Å²) in [6, 6.07) is 5.78. The Morgan fingerprint density at radius 2 is 2.00 bits per heavy atom. The van der Waals surface area contributed by atoms with Gasteiger partial charge < -0.3 is 4.74 Å². The lowest BCUT2D eigenvalue weighted by Crippen LogP contribution is -1.86. The lowest BCUT2D eigenvalue weighted by molar-refractivity contribution is -0.160. The highest BCUT2D eigenvalue weighted by atomic mass is 32.2. The number of aryl methyl sites for hydroxylation is 1. The second-order valence-corrected chi connectivity index (χ2v) is 3.19. The van der Waals surface area contributed by atoms with Gasteiger partial charge in [-0.05, 0) is 24.6 Å². The minimum absolute atomic E-state index is 0.813. The summed E-state index contributed by atoms with van der Waals surface area (Å²) in [5.41, 5.74) is 1.13. The molecule has 0 aliphatic carbocycles. The van der Waals surface area contributed by atoms with E-state index in [-0.39, 0.29) is 0 Å². The number of hydrogen-bond acceptors (Lipinski definition) is 4. The quantitative estimate of drug-likeness (QED) is 0.424. The molecule has 0 amide bonds. The highest BCUT2D eigenvalue weighted by Gasteiger charge is 2.02. The Balaban J connectivity index is 2.78. The zero-order valence-electron chi connectivity index (χ0n) is 7.87. The van der Waals surface area contributed by atoms with Gasteiger partial charge in [-0.15, -0.1) is 0 Å². The van der Waals surface area contributed by atoms with E-state index in [1.165, 1.54) is 19.2 Å². The van der Waals surface area contributed by atoms with Crippen molar-refractivity contribution >= 4 is 12.0 Å². The van der Waals surface area contributed by atoms with E-state index >= 15 is 0 Å². The van der Waals surface area contributed by atoms with E-state index in [1.54, 1.807) is 7.11 Å². The smallest absolute Gasteiger partial charge is 0.120 e.